The Kier molecular flexibility index (Phi) is 26.3. The van der Waals surface area contributed by atoms with Gasteiger partial charge in [-0.3, -0.25) is 9.59 Å². The van der Waals surface area contributed by atoms with Crippen molar-refractivity contribution < 1.29 is 47.7 Å². The van der Waals surface area contributed by atoms with Crippen molar-refractivity contribution in [1.82, 2.24) is 26.2 Å². The van der Waals surface area contributed by atoms with Gasteiger partial charge in [0.1, 0.15) is 22.4 Å². The molecule has 0 bridgehead atoms. The van der Waals surface area contributed by atoms with Gasteiger partial charge in [-0.25, -0.2) is 19.2 Å². The highest BCUT2D eigenvalue weighted by molar-refractivity contribution is 6.67. The van der Waals surface area contributed by atoms with Crippen LogP contribution in [0.5, 0.6) is 0 Å². The van der Waals surface area contributed by atoms with Crippen LogP contribution in [0.25, 0.3) is 0 Å². The first-order valence-corrected chi connectivity index (χ1v) is 22.0. The van der Waals surface area contributed by atoms with Gasteiger partial charge < -0.3 is 45.1 Å². The Bertz CT molecular complexity index is 1630. The topological polar surface area (TPSA) is 191 Å². The van der Waals surface area contributed by atoms with Gasteiger partial charge in [0.25, 0.3) is 11.1 Å². The van der Waals surface area contributed by atoms with E-state index in [-0.39, 0.29) is 32.1 Å². The molecule has 2 aromatic rings. The van der Waals surface area contributed by atoms with Crippen molar-refractivity contribution in [2.24, 2.45) is 0 Å². The zero-order chi connectivity index (χ0) is 48.4. The number of hydrogen-bond acceptors (Lipinski definition) is 10. The van der Waals surface area contributed by atoms with Crippen LogP contribution in [-0.2, 0) is 31.8 Å². The Morgan fingerprint density at radius 2 is 0.746 bits per heavy atom. The Balaban J connectivity index is 0.00000103. The van der Waals surface area contributed by atoms with E-state index in [1.807, 2.05) is 72.7 Å². The fourth-order valence-electron chi connectivity index (χ4n) is 4.90. The molecule has 0 atom stereocenters. The second-order valence-corrected chi connectivity index (χ2v) is 18.8. The number of benzene rings is 2. The molecule has 0 aliphatic carbocycles. The zero-order valence-electron chi connectivity index (χ0n) is 40.3. The predicted octanol–water partition coefficient (Wildman–Crippen LogP) is 9.57. The first-order valence-electron chi connectivity index (χ1n) is 21.6. The first kappa shape index (κ1) is 58.0. The molecule has 0 fully saturated rings. The number of alkyl carbamates (subject to hydrolysis) is 4. The van der Waals surface area contributed by atoms with E-state index in [4.69, 9.17) is 30.5 Å². The van der Waals surface area contributed by atoms with Gasteiger partial charge in [-0.05, 0) is 162 Å². The summed E-state index contributed by atoms with van der Waals surface area (Å²) < 4.78 is 20.7. The molecule has 0 spiro atoms. The number of unbranched alkanes of at least 4 members (excludes halogenated alkanes) is 2. The number of hydrogen-bond donors (Lipinski definition) is 4. The Labute approximate surface area is 381 Å². The highest BCUT2D eigenvalue weighted by Crippen LogP contribution is 2.12. The molecule has 0 saturated carbocycles. The van der Waals surface area contributed by atoms with Gasteiger partial charge in [0.15, 0.2) is 0 Å². The molecular weight excluding hydrogens is 830 g/mol. The molecule has 0 saturated heterocycles. The lowest BCUT2D eigenvalue weighted by atomic mass is 10.1. The highest BCUT2D eigenvalue weighted by atomic mass is 35.5. The maximum Gasteiger partial charge on any atom is 0.407 e. The van der Waals surface area contributed by atoms with Gasteiger partial charge >= 0.3 is 24.4 Å². The van der Waals surface area contributed by atoms with Crippen LogP contribution in [-0.4, -0.2) is 102 Å². The van der Waals surface area contributed by atoms with Crippen LogP contribution >= 0.6 is 11.6 Å². The minimum Gasteiger partial charge on any atom is -0.444 e. The monoisotopic (exact) mass is 906 g/mol. The fraction of sp³-hybridized carbons (Fsp3) is 0.617. The standard InChI is InChI=1S/C23H37N3O5.C15H30N2O4.C9H9ClO/c1-8-17-9-11-18(12-10-17)19(27)26(15-13-24-20(28)30-22(2,3)4)16-14-25-21(29)31-23(5,6)7;1-14(2,3)20-12(18)16-10-8-7-9-11-17-13(19)21-15(4,5)6;1-2-7-3-5-8(6-4-7)9(10)11/h9-12H,8,13-16H2,1-7H3,(H,24,28)(H,25,29);7-11H2,1-6H3,(H,16,18)(H,17,19);3-6H,2H2,1H3. The summed E-state index contributed by atoms with van der Waals surface area (Å²) >= 11 is 5.26. The molecule has 2 aromatic carbocycles. The quantitative estimate of drug-likeness (QED) is 0.0717. The van der Waals surface area contributed by atoms with Gasteiger partial charge in [-0.1, -0.05) is 38.1 Å². The Hall–Kier alpha value is -5.05. The smallest absolute Gasteiger partial charge is 0.407 e. The van der Waals surface area contributed by atoms with Gasteiger partial charge in [0.2, 0.25) is 0 Å². The molecular formula is C47H76ClN5O10. The summed E-state index contributed by atoms with van der Waals surface area (Å²) in [7, 11) is 0. The number of halogens is 1. The molecule has 0 heterocycles. The van der Waals surface area contributed by atoms with Gasteiger partial charge in [0, 0.05) is 50.4 Å². The minimum absolute atomic E-state index is 0.181. The van der Waals surface area contributed by atoms with Crippen molar-refractivity contribution in [3.63, 3.8) is 0 Å². The van der Waals surface area contributed by atoms with Crippen molar-refractivity contribution in [3.05, 3.63) is 70.8 Å². The number of nitrogens with one attached hydrogen (secondary N) is 4. The predicted molar refractivity (Wildman–Crippen MR) is 249 cm³/mol. The van der Waals surface area contributed by atoms with Gasteiger partial charge in [-0.15, -0.1) is 0 Å². The molecule has 0 aliphatic rings. The van der Waals surface area contributed by atoms with E-state index in [9.17, 15) is 28.8 Å². The van der Waals surface area contributed by atoms with Crippen LogP contribution < -0.4 is 21.3 Å². The van der Waals surface area contributed by atoms with E-state index in [0.717, 1.165) is 37.7 Å². The van der Waals surface area contributed by atoms with Crippen molar-refractivity contribution in [1.29, 1.82) is 0 Å². The number of carbonyl (C=O) groups excluding carboxylic acids is 6. The molecule has 0 radical (unpaired) electrons. The molecule has 5 amide bonds. The number of aryl methyl sites for hydroxylation is 2. The second-order valence-electron chi connectivity index (χ2n) is 18.4. The number of carbonyl (C=O) groups is 6. The minimum atomic E-state index is -0.599. The third kappa shape index (κ3) is 32.3. The summed E-state index contributed by atoms with van der Waals surface area (Å²) in [5.41, 5.74) is 1.32. The Morgan fingerprint density at radius 3 is 1.02 bits per heavy atom. The van der Waals surface area contributed by atoms with E-state index in [1.54, 1.807) is 70.7 Å². The normalized spacial score (nSPS) is 11.2. The number of ether oxygens (including phenoxy) is 4. The average molecular weight is 907 g/mol. The van der Waals surface area contributed by atoms with Gasteiger partial charge in [-0.2, -0.15) is 0 Å². The molecule has 16 heteroatoms. The molecule has 0 aromatic heterocycles. The summed E-state index contributed by atoms with van der Waals surface area (Å²) in [5, 5.41) is 10.3. The number of rotatable bonds is 16. The summed E-state index contributed by atoms with van der Waals surface area (Å²) in [6.07, 6.45) is 2.59. The SMILES string of the molecule is CC(C)(C)OC(=O)NCCCCCNC(=O)OC(C)(C)C.CCc1ccc(C(=O)Cl)cc1.CCc1ccc(C(=O)N(CCNC(=O)OC(C)(C)C)CCNC(=O)OC(C)(C)C)cc1. The average Bonchev–Trinajstić information content (AvgIpc) is 3.14. The molecule has 2 rings (SSSR count). The summed E-state index contributed by atoms with van der Waals surface area (Å²) in [6, 6.07) is 14.7. The van der Waals surface area contributed by atoms with E-state index in [0.29, 0.717) is 24.2 Å². The van der Waals surface area contributed by atoms with Crippen molar-refractivity contribution >= 4 is 47.1 Å². The van der Waals surface area contributed by atoms with E-state index in [1.165, 1.54) is 5.56 Å². The van der Waals surface area contributed by atoms with Crippen molar-refractivity contribution in [2.45, 2.75) is 151 Å². The van der Waals surface area contributed by atoms with Crippen LogP contribution in [0, 0.1) is 0 Å². The van der Waals surface area contributed by atoms with Crippen LogP contribution in [0.3, 0.4) is 0 Å². The lowest BCUT2D eigenvalue weighted by molar-refractivity contribution is 0.0498. The van der Waals surface area contributed by atoms with Crippen LogP contribution in [0.2, 0.25) is 0 Å². The number of amides is 5. The van der Waals surface area contributed by atoms with Crippen LogP contribution in [0.15, 0.2) is 48.5 Å². The second kappa shape index (κ2) is 28.6. The third-order valence-corrected chi connectivity index (χ3v) is 7.99. The summed E-state index contributed by atoms with van der Waals surface area (Å²) in [4.78, 5) is 71.7. The molecule has 0 unspecified atom stereocenters. The third-order valence-electron chi connectivity index (χ3n) is 7.78. The highest BCUT2D eigenvalue weighted by Gasteiger charge is 2.21. The largest absolute Gasteiger partial charge is 0.444 e. The van der Waals surface area contributed by atoms with Crippen LogP contribution in [0.1, 0.15) is 148 Å². The molecule has 0 aliphatic heterocycles. The van der Waals surface area contributed by atoms with Crippen LogP contribution in [0.4, 0.5) is 19.2 Å². The van der Waals surface area contributed by atoms with E-state index >= 15 is 0 Å². The molecule has 63 heavy (non-hydrogen) atoms. The lowest BCUT2D eigenvalue weighted by Crippen LogP contribution is -2.44. The lowest BCUT2D eigenvalue weighted by Gasteiger charge is -2.25. The summed E-state index contributed by atoms with van der Waals surface area (Å²) in [6.45, 7) is 27.9. The molecule has 15 nitrogen and oxygen atoms in total. The van der Waals surface area contributed by atoms with Crippen molar-refractivity contribution in [3.8, 4) is 0 Å². The number of nitrogens with zero attached hydrogens (tertiary/aromatic N) is 1. The molecule has 356 valence electrons. The van der Waals surface area contributed by atoms with E-state index < -0.39 is 52.0 Å². The Morgan fingerprint density at radius 1 is 0.460 bits per heavy atom. The first-order chi connectivity index (χ1) is 29.0. The van der Waals surface area contributed by atoms with Gasteiger partial charge in [0.05, 0.1) is 0 Å². The van der Waals surface area contributed by atoms with E-state index in [2.05, 4.69) is 28.2 Å². The maximum absolute atomic E-state index is 13.0. The maximum atomic E-state index is 13.0. The van der Waals surface area contributed by atoms with Crippen molar-refractivity contribution in [2.75, 3.05) is 39.3 Å². The summed E-state index contributed by atoms with van der Waals surface area (Å²) in [5.74, 6) is -0.181. The molecule has 4 N–H and O–H groups in total. The zero-order valence-corrected chi connectivity index (χ0v) is 41.1. The fourth-order valence-corrected chi connectivity index (χ4v) is 5.03.